The van der Waals surface area contributed by atoms with E-state index in [1.54, 1.807) is 7.11 Å². The quantitative estimate of drug-likeness (QED) is 0.548. The van der Waals surface area contributed by atoms with E-state index in [1.165, 1.54) is 11.8 Å². The number of rotatable bonds is 8. The van der Waals surface area contributed by atoms with E-state index in [0.29, 0.717) is 17.6 Å². The molecule has 1 heterocycles. The minimum absolute atomic E-state index is 0.259. The first-order valence-corrected chi connectivity index (χ1v) is 11.5. The highest BCUT2D eigenvalue weighted by molar-refractivity contribution is 8.22. The smallest absolute Gasteiger partial charge is 0.220 e. The molecule has 7 heteroatoms. The number of ether oxygens (including phenoxy) is 5. The Kier molecular flexibility index (Phi) is 9.11. The van der Waals surface area contributed by atoms with Crippen LogP contribution in [0.15, 0.2) is 60.7 Å². The maximum Gasteiger partial charge on any atom is 0.220 e. The van der Waals surface area contributed by atoms with Crippen LogP contribution >= 0.6 is 24.0 Å². The first-order chi connectivity index (χ1) is 14.6. The molecule has 0 saturated carbocycles. The monoisotopic (exact) mass is 448 g/mol. The molecule has 3 rings (SSSR count). The Morgan fingerprint density at radius 3 is 1.93 bits per heavy atom. The van der Waals surface area contributed by atoms with Gasteiger partial charge in [-0.05, 0) is 36.5 Å². The second-order valence-electron chi connectivity index (χ2n) is 7.00. The van der Waals surface area contributed by atoms with Crippen LogP contribution in [-0.2, 0) is 36.9 Å². The average Bonchev–Trinajstić information content (AvgIpc) is 2.79. The summed E-state index contributed by atoms with van der Waals surface area (Å²) in [7, 11) is 1.60. The molecule has 2 aromatic rings. The standard InChI is InChI=1S/C23H28O5S2/c1-16-19(25-14-17-10-6-4-7-11-17)20(28-23(29)30-3)21(22(24-2)27-16)26-15-18-12-8-5-9-13-18/h4-13,16,19-22H,14-15H2,1-3H3/t16-,19+,20+,21-,22?/m0/s1. The van der Waals surface area contributed by atoms with Crippen molar-refractivity contribution in [2.75, 3.05) is 13.4 Å². The molecule has 30 heavy (non-hydrogen) atoms. The Morgan fingerprint density at radius 1 is 0.900 bits per heavy atom. The van der Waals surface area contributed by atoms with Gasteiger partial charge in [-0.2, -0.15) is 0 Å². The fourth-order valence-electron chi connectivity index (χ4n) is 3.40. The minimum atomic E-state index is -0.588. The van der Waals surface area contributed by atoms with Gasteiger partial charge in [-0.3, -0.25) is 0 Å². The largest absolute Gasteiger partial charge is 0.469 e. The molecule has 1 unspecified atom stereocenters. The van der Waals surface area contributed by atoms with Crippen molar-refractivity contribution in [2.45, 2.75) is 50.8 Å². The number of methoxy groups -OCH3 is 1. The topological polar surface area (TPSA) is 46.2 Å². The maximum absolute atomic E-state index is 6.26. The summed E-state index contributed by atoms with van der Waals surface area (Å²) in [4.78, 5) is 0. The Balaban J connectivity index is 1.78. The van der Waals surface area contributed by atoms with Crippen molar-refractivity contribution in [2.24, 2.45) is 0 Å². The number of benzene rings is 2. The van der Waals surface area contributed by atoms with Crippen LogP contribution in [0.25, 0.3) is 0 Å². The van der Waals surface area contributed by atoms with Gasteiger partial charge in [0.2, 0.25) is 4.38 Å². The second kappa shape index (κ2) is 11.8. The van der Waals surface area contributed by atoms with Gasteiger partial charge in [0.25, 0.3) is 0 Å². The van der Waals surface area contributed by atoms with Crippen molar-refractivity contribution >= 4 is 28.4 Å². The molecular formula is C23H28O5S2. The van der Waals surface area contributed by atoms with E-state index in [2.05, 4.69) is 0 Å². The minimum Gasteiger partial charge on any atom is -0.469 e. The predicted octanol–water partition coefficient (Wildman–Crippen LogP) is 4.58. The zero-order chi connectivity index (χ0) is 21.3. The molecule has 0 aromatic heterocycles. The van der Waals surface area contributed by atoms with E-state index in [4.69, 9.17) is 35.9 Å². The fraction of sp³-hybridized carbons (Fsp3) is 0.435. The Bertz CT molecular complexity index is 774. The molecule has 0 spiro atoms. The highest BCUT2D eigenvalue weighted by Gasteiger charge is 2.48. The van der Waals surface area contributed by atoms with Crippen LogP contribution in [0.4, 0.5) is 0 Å². The maximum atomic E-state index is 6.26. The zero-order valence-corrected chi connectivity index (χ0v) is 19.1. The van der Waals surface area contributed by atoms with Gasteiger partial charge in [0.15, 0.2) is 12.4 Å². The van der Waals surface area contributed by atoms with Crippen molar-refractivity contribution in [3.8, 4) is 0 Å². The number of thiocarbonyl (C=S) groups is 1. The van der Waals surface area contributed by atoms with Crippen LogP contribution in [0, 0.1) is 0 Å². The third-order valence-electron chi connectivity index (χ3n) is 4.93. The molecule has 5 nitrogen and oxygen atoms in total. The van der Waals surface area contributed by atoms with Crippen molar-refractivity contribution < 1.29 is 23.7 Å². The fourth-order valence-corrected chi connectivity index (χ4v) is 3.71. The summed E-state index contributed by atoms with van der Waals surface area (Å²) in [6, 6.07) is 20.0. The van der Waals surface area contributed by atoms with Crippen molar-refractivity contribution in [3.05, 3.63) is 71.8 Å². The lowest BCUT2D eigenvalue weighted by molar-refractivity contribution is -0.302. The zero-order valence-electron chi connectivity index (χ0n) is 17.4. The first-order valence-electron chi connectivity index (χ1n) is 9.86. The van der Waals surface area contributed by atoms with E-state index in [-0.39, 0.29) is 12.2 Å². The third kappa shape index (κ3) is 6.26. The molecule has 1 aliphatic rings. The Morgan fingerprint density at radius 2 is 1.43 bits per heavy atom. The normalized spacial score (nSPS) is 26.3. The van der Waals surface area contributed by atoms with Crippen LogP contribution in [0.3, 0.4) is 0 Å². The summed E-state index contributed by atoms with van der Waals surface area (Å²) in [6.45, 7) is 2.79. The Hall–Kier alpha value is -1.48. The molecule has 5 atom stereocenters. The van der Waals surface area contributed by atoms with E-state index >= 15 is 0 Å². The van der Waals surface area contributed by atoms with Gasteiger partial charge >= 0.3 is 0 Å². The molecule has 0 radical (unpaired) electrons. The van der Waals surface area contributed by atoms with E-state index in [9.17, 15) is 0 Å². The lowest BCUT2D eigenvalue weighted by Gasteiger charge is -2.44. The van der Waals surface area contributed by atoms with Crippen molar-refractivity contribution in [3.63, 3.8) is 0 Å². The summed E-state index contributed by atoms with van der Waals surface area (Å²) in [6.07, 6.45) is -0.302. The highest BCUT2D eigenvalue weighted by Crippen LogP contribution is 2.30. The molecule has 0 N–H and O–H groups in total. The van der Waals surface area contributed by atoms with Crippen molar-refractivity contribution in [1.29, 1.82) is 0 Å². The summed E-state index contributed by atoms with van der Waals surface area (Å²) in [5.41, 5.74) is 2.13. The van der Waals surface area contributed by atoms with Gasteiger partial charge in [0.1, 0.15) is 12.2 Å². The molecular weight excluding hydrogens is 420 g/mol. The summed E-state index contributed by atoms with van der Waals surface area (Å²) in [5.74, 6) is 0. The van der Waals surface area contributed by atoms with Gasteiger partial charge in [0, 0.05) is 7.11 Å². The van der Waals surface area contributed by atoms with Gasteiger partial charge < -0.3 is 23.7 Å². The molecule has 0 aliphatic carbocycles. The lowest BCUT2D eigenvalue weighted by Crippen LogP contribution is -2.60. The van der Waals surface area contributed by atoms with Crippen LogP contribution in [-0.4, -0.2) is 48.5 Å². The van der Waals surface area contributed by atoms with Gasteiger partial charge in [-0.15, -0.1) is 0 Å². The van der Waals surface area contributed by atoms with E-state index in [1.807, 2.05) is 73.8 Å². The summed E-state index contributed by atoms with van der Waals surface area (Å²) >= 11 is 6.74. The van der Waals surface area contributed by atoms with Gasteiger partial charge in [-0.25, -0.2) is 0 Å². The highest BCUT2D eigenvalue weighted by atomic mass is 32.2. The van der Waals surface area contributed by atoms with Crippen molar-refractivity contribution in [1.82, 2.24) is 0 Å². The average molecular weight is 449 g/mol. The molecule has 1 aliphatic heterocycles. The summed E-state index contributed by atoms with van der Waals surface area (Å²) < 4.78 is 30.7. The molecule has 1 fully saturated rings. The number of thioether (sulfide) groups is 1. The van der Waals surface area contributed by atoms with Gasteiger partial charge in [-0.1, -0.05) is 72.4 Å². The van der Waals surface area contributed by atoms with Crippen LogP contribution in [0.5, 0.6) is 0 Å². The summed E-state index contributed by atoms with van der Waals surface area (Å²) in [5, 5.41) is 0. The molecule has 1 saturated heterocycles. The lowest BCUT2D eigenvalue weighted by atomic mass is 9.99. The molecule has 2 aromatic carbocycles. The predicted molar refractivity (Wildman–Crippen MR) is 122 cm³/mol. The van der Waals surface area contributed by atoms with Gasteiger partial charge in [0.05, 0.1) is 19.3 Å². The molecule has 162 valence electrons. The molecule has 0 amide bonds. The third-order valence-corrected chi connectivity index (χ3v) is 5.95. The first kappa shape index (κ1) is 23.2. The van der Waals surface area contributed by atoms with E-state index in [0.717, 1.165) is 11.1 Å². The van der Waals surface area contributed by atoms with Crippen LogP contribution in [0.1, 0.15) is 18.1 Å². The number of hydrogen-bond donors (Lipinski definition) is 0. The van der Waals surface area contributed by atoms with Crippen LogP contribution < -0.4 is 0 Å². The Labute approximate surface area is 188 Å². The van der Waals surface area contributed by atoms with Crippen LogP contribution in [0.2, 0.25) is 0 Å². The SMILES string of the molecule is COC1O[C@@H](C)[C@@H](OCc2ccccc2)[C@@H](OC(=S)SC)[C@@H]1OCc1ccccc1. The molecule has 0 bridgehead atoms. The number of hydrogen-bond acceptors (Lipinski definition) is 7. The second-order valence-corrected chi connectivity index (χ2v) is 8.41. The van der Waals surface area contributed by atoms with E-state index < -0.39 is 18.5 Å².